The number of amides is 2. The topological polar surface area (TPSA) is 98.7 Å². The zero-order valence-corrected chi connectivity index (χ0v) is 11.6. The molecule has 1 aromatic rings. The van der Waals surface area contributed by atoms with Gasteiger partial charge in [-0.05, 0) is 24.6 Å². The van der Waals surface area contributed by atoms with E-state index < -0.39 is 11.4 Å². The molecule has 6 nitrogen and oxygen atoms in total. The predicted octanol–water partition coefficient (Wildman–Crippen LogP) is 0.508. The van der Waals surface area contributed by atoms with E-state index in [4.69, 9.17) is 0 Å². The largest absolute Gasteiger partial charge is 0.394 e. The molecule has 0 aliphatic heterocycles. The molecule has 0 saturated carbocycles. The Kier molecular flexibility index (Phi) is 5.66. The molecule has 110 valence electrons. The summed E-state index contributed by atoms with van der Waals surface area (Å²) >= 11 is 0. The molecule has 4 N–H and O–H groups in total. The lowest BCUT2D eigenvalue weighted by Gasteiger charge is -2.29. The predicted molar refractivity (Wildman–Crippen MR) is 75.4 cm³/mol. The number of nitrogens with one attached hydrogen (secondary N) is 2. The SMILES string of the molecule is CCC(CO)(CO)NC(=O)c1cccc(NC(C)=O)c1. The Morgan fingerprint density at radius 1 is 1.25 bits per heavy atom. The average Bonchev–Trinajstić information content (AvgIpc) is 2.44. The summed E-state index contributed by atoms with van der Waals surface area (Å²) in [6, 6.07) is 6.44. The molecular weight excluding hydrogens is 260 g/mol. The van der Waals surface area contributed by atoms with Gasteiger partial charge < -0.3 is 20.8 Å². The Balaban J connectivity index is 2.89. The van der Waals surface area contributed by atoms with Gasteiger partial charge in [-0.2, -0.15) is 0 Å². The van der Waals surface area contributed by atoms with Crippen LogP contribution in [0.1, 0.15) is 30.6 Å². The van der Waals surface area contributed by atoms with Crippen molar-refractivity contribution in [3.63, 3.8) is 0 Å². The van der Waals surface area contributed by atoms with Gasteiger partial charge in [-0.25, -0.2) is 0 Å². The summed E-state index contributed by atoms with van der Waals surface area (Å²) in [6.07, 6.45) is 0.400. The summed E-state index contributed by atoms with van der Waals surface area (Å²) in [4.78, 5) is 23.1. The number of benzene rings is 1. The molecule has 0 aromatic heterocycles. The highest BCUT2D eigenvalue weighted by Crippen LogP contribution is 2.14. The summed E-state index contributed by atoms with van der Waals surface area (Å²) < 4.78 is 0. The third-order valence-electron chi connectivity index (χ3n) is 3.11. The average molecular weight is 280 g/mol. The van der Waals surface area contributed by atoms with Gasteiger partial charge in [-0.15, -0.1) is 0 Å². The van der Waals surface area contributed by atoms with Crippen LogP contribution in [0.15, 0.2) is 24.3 Å². The van der Waals surface area contributed by atoms with Gasteiger partial charge in [0.15, 0.2) is 0 Å². The molecule has 20 heavy (non-hydrogen) atoms. The third-order valence-corrected chi connectivity index (χ3v) is 3.11. The van der Waals surface area contributed by atoms with Crippen molar-refractivity contribution in [3.8, 4) is 0 Å². The molecule has 6 heteroatoms. The molecule has 0 fully saturated rings. The van der Waals surface area contributed by atoms with Crippen LogP contribution in [-0.2, 0) is 4.79 Å². The highest BCUT2D eigenvalue weighted by molar-refractivity contribution is 5.97. The van der Waals surface area contributed by atoms with Crippen LogP contribution in [0.5, 0.6) is 0 Å². The zero-order valence-electron chi connectivity index (χ0n) is 11.6. The highest BCUT2D eigenvalue weighted by Gasteiger charge is 2.28. The van der Waals surface area contributed by atoms with Crippen LogP contribution < -0.4 is 10.6 Å². The van der Waals surface area contributed by atoms with Gasteiger partial charge in [0.1, 0.15) is 0 Å². The Bertz CT molecular complexity index is 476. The minimum atomic E-state index is -1.04. The van der Waals surface area contributed by atoms with Crippen molar-refractivity contribution in [2.24, 2.45) is 0 Å². The Hall–Kier alpha value is -1.92. The Labute approximate surface area is 117 Å². The summed E-state index contributed by atoms with van der Waals surface area (Å²) in [7, 11) is 0. The quantitative estimate of drug-likeness (QED) is 0.610. The molecule has 0 unspecified atom stereocenters. The van der Waals surface area contributed by atoms with Crippen molar-refractivity contribution < 1.29 is 19.8 Å². The highest BCUT2D eigenvalue weighted by atomic mass is 16.3. The molecule has 0 aliphatic rings. The van der Waals surface area contributed by atoms with E-state index in [0.29, 0.717) is 17.7 Å². The van der Waals surface area contributed by atoms with Crippen LogP contribution in [0.2, 0.25) is 0 Å². The molecule has 0 aliphatic carbocycles. The summed E-state index contributed by atoms with van der Waals surface area (Å²) in [5.41, 5.74) is -0.183. The number of rotatable bonds is 6. The number of hydrogen-bond acceptors (Lipinski definition) is 4. The van der Waals surface area contributed by atoms with Crippen molar-refractivity contribution in [3.05, 3.63) is 29.8 Å². The first-order chi connectivity index (χ1) is 9.46. The minimum absolute atomic E-state index is 0.226. The second kappa shape index (κ2) is 7.02. The smallest absolute Gasteiger partial charge is 0.251 e. The third kappa shape index (κ3) is 4.04. The van der Waals surface area contributed by atoms with E-state index in [2.05, 4.69) is 10.6 Å². The number of aliphatic hydroxyl groups excluding tert-OH is 2. The normalized spacial score (nSPS) is 11.0. The van der Waals surface area contributed by atoms with Crippen LogP contribution in [0.25, 0.3) is 0 Å². The molecule has 0 atom stereocenters. The van der Waals surface area contributed by atoms with Crippen LogP contribution >= 0.6 is 0 Å². The zero-order chi connectivity index (χ0) is 15.2. The summed E-state index contributed by atoms with van der Waals surface area (Å²) in [6.45, 7) is 2.45. The first kappa shape index (κ1) is 16.1. The van der Waals surface area contributed by atoms with E-state index in [-0.39, 0.29) is 19.1 Å². The van der Waals surface area contributed by atoms with Crippen molar-refractivity contribution in [1.82, 2.24) is 5.32 Å². The monoisotopic (exact) mass is 280 g/mol. The van der Waals surface area contributed by atoms with Crippen molar-refractivity contribution in [1.29, 1.82) is 0 Å². The number of hydrogen-bond donors (Lipinski definition) is 4. The first-order valence-corrected chi connectivity index (χ1v) is 6.38. The molecule has 1 rings (SSSR count). The van der Waals surface area contributed by atoms with Crippen LogP contribution in [-0.4, -0.2) is 40.8 Å². The van der Waals surface area contributed by atoms with E-state index in [0.717, 1.165) is 0 Å². The number of carbonyl (C=O) groups excluding carboxylic acids is 2. The standard InChI is InChI=1S/C14H20N2O4/c1-3-14(8-17,9-18)16-13(20)11-5-4-6-12(7-11)15-10(2)19/h4-7,17-18H,3,8-9H2,1-2H3,(H,15,19)(H,16,20). The lowest BCUT2D eigenvalue weighted by molar-refractivity contribution is -0.114. The first-order valence-electron chi connectivity index (χ1n) is 6.38. The fourth-order valence-electron chi connectivity index (χ4n) is 1.70. The van der Waals surface area contributed by atoms with E-state index in [1.54, 1.807) is 25.1 Å². The summed E-state index contributed by atoms with van der Waals surface area (Å²) in [5, 5.41) is 23.8. The lowest BCUT2D eigenvalue weighted by atomic mass is 9.97. The van der Waals surface area contributed by atoms with Crippen molar-refractivity contribution in [2.75, 3.05) is 18.5 Å². The maximum atomic E-state index is 12.1. The molecule has 1 aromatic carbocycles. The van der Waals surface area contributed by atoms with Crippen molar-refractivity contribution in [2.45, 2.75) is 25.8 Å². The van der Waals surface area contributed by atoms with Gasteiger partial charge in [-0.1, -0.05) is 13.0 Å². The van der Waals surface area contributed by atoms with Crippen LogP contribution in [0.4, 0.5) is 5.69 Å². The molecule has 0 saturated heterocycles. The molecule has 0 heterocycles. The maximum absolute atomic E-state index is 12.1. The minimum Gasteiger partial charge on any atom is -0.394 e. The van der Waals surface area contributed by atoms with Gasteiger partial charge in [0.25, 0.3) is 5.91 Å². The number of carbonyl (C=O) groups is 2. The van der Waals surface area contributed by atoms with Gasteiger partial charge in [0.05, 0.1) is 18.8 Å². The van der Waals surface area contributed by atoms with Gasteiger partial charge in [0, 0.05) is 18.2 Å². The van der Waals surface area contributed by atoms with Gasteiger partial charge in [-0.3, -0.25) is 9.59 Å². The van der Waals surface area contributed by atoms with E-state index in [9.17, 15) is 19.8 Å². The molecular formula is C14H20N2O4. The number of anilines is 1. The van der Waals surface area contributed by atoms with Crippen molar-refractivity contribution >= 4 is 17.5 Å². The molecule has 2 amide bonds. The molecule has 0 radical (unpaired) electrons. The van der Waals surface area contributed by atoms with Crippen LogP contribution in [0.3, 0.4) is 0 Å². The number of aliphatic hydroxyl groups is 2. The van der Waals surface area contributed by atoms with E-state index in [1.165, 1.54) is 13.0 Å². The Morgan fingerprint density at radius 3 is 2.40 bits per heavy atom. The lowest BCUT2D eigenvalue weighted by Crippen LogP contribution is -2.53. The van der Waals surface area contributed by atoms with E-state index in [1.807, 2.05) is 0 Å². The van der Waals surface area contributed by atoms with Crippen LogP contribution in [0, 0.1) is 0 Å². The fourth-order valence-corrected chi connectivity index (χ4v) is 1.70. The molecule has 0 spiro atoms. The van der Waals surface area contributed by atoms with Gasteiger partial charge >= 0.3 is 0 Å². The second-order valence-corrected chi connectivity index (χ2v) is 4.67. The summed E-state index contributed by atoms with van der Waals surface area (Å²) in [5.74, 6) is -0.640. The molecule has 0 bridgehead atoms. The Morgan fingerprint density at radius 2 is 1.90 bits per heavy atom. The second-order valence-electron chi connectivity index (χ2n) is 4.67. The van der Waals surface area contributed by atoms with E-state index >= 15 is 0 Å². The fraction of sp³-hybridized carbons (Fsp3) is 0.429. The maximum Gasteiger partial charge on any atom is 0.251 e. The van der Waals surface area contributed by atoms with Gasteiger partial charge in [0.2, 0.25) is 5.91 Å².